The van der Waals surface area contributed by atoms with Crippen LogP contribution in [-0.4, -0.2) is 24.0 Å². The highest BCUT2D eigenvalue weighted by molar-refractivity contribution is 4.92. The van der Waals surface area contributed by atoms with Crippen molar-refractivity contribution in [2.24, 2.45) is 11.3 Å². The summed E-state index contributed by atoms with van der Waals surface area (Å²) >= 11 is 0. The highest BCUT2D eigenvalue weighted by Gasteiger charge is 2.32. The van der Waals surface area contributed by atoms with E-state index in [0.717, 1.165) is 18.4 Å². The van der Waals surface area contributed by atoms with Crippen molar-refractivity contribution in [1.82, 2.24) is 4.90 Å². The average Bonchev–Trinajstić information content (AvgIpc) is 2.39. The molecule has 2 heteroatoms. The summed E-state index contributed by atoms with van der Waals surface area (Å²) in [6, 6.07) is 3.29. The Morgan fingerprint density at radius 3 is 2.67 bits per heavy atom. The van der Waals surface area contributed by atoms with Gasteiger partial charge in [-0.15, -0.1) is 0 Å². The van der Waals surface area contributed by atoms with Crippen LogP contribution in [0.1, 0.15) is 65.2 Å². The molecule has 0 aromatic rings. The van der Waals surface area contributed by atoms with Crippen molar-refractivity contribution in [3.05, 3.63) is 0 Å². The van der Waals surface area contributed by atoms with Crippen molar-refractivity contribution in [3.8, 4) is 6.07 Å². The minimum Gasteiger partial charge on any atom is -0.300 e. The fourth-order valence-electron chi connectivity index (χ4n) is 3.79. The molecule has 1 saturated carbocycles. The van der Waals surface area contributed by atoms with E-state index in [4.69, 9.17) is 5.26 Å². The van der Waals surface area contributed by atoms with Gasteiger partial charge in [-0.05, 0) is 71.4 Å². The van der Waals surface area contributed by atoms with Crippen molar-refractivity contribution in [2.45, 2.75) is 71.3 Å². The van der Waals surface area contributed by atoms with E-state index in [-0.39, 0.29) is 5.41 Å². The molecular weight excluding hydrogens is 220 g/mol. The SMILES string of the molecule is CC(C)(C#N)CCCN1CCCC2CCCCC21. The molecule has 102 valence electrons. The van der Waals surface area contributed by atoms with E-state index in [1.165, 1.54) is 58.0 Å². The number of hydrogen-bond donors (Lipinski definition) is 0. The zero-order valence-electron chi connectivity index (χ0n) is 12.1. The van der Waals surface area contributed by atoms with Crippen LogP contribution in [0.15, 0.2) is 0 Å². The lowest BCUT2D eigenvalue weighted by molar-refractivity contribution is 0.0582. The maximum Gasteiger partial charge on any atom is 0.0683 e. The smallest absolute Gasteiger partial charge is 0.0683 e. The molecule has 0 aromatic heterocycles. The lowest BCUT2D eigenvalue weighted by atomic mass is 9.78. The fourth-order valence-corrected chi connectivity index (χ4v) is 3.79. The van der Waals surface area contributed by atoms with Gasteiger partial charge in [0.1, 0.15) is 0 Å². The maximum absolute atomic E-state index is 9.05. The molecule has 2 aliphatic rings. The molecule has 0 radical (unpaired) electrons. The standard InChI is InChI=1S/C16H28N2/c1-16(2,13-17)10-6-12-18-11-5-8-14-7-3-4-9-15(14)18/h14-15H,3-12H2,1-2H3. The number of fused-ring (bicyclic) bond motifs is 1. The van der Waals surface area contributed by atoms with Gasteiger partial charge in [-0.2, -0.15) is 5.26 Å². The van der Waals surface area contributed by atoms with E-state index >= 15 is 0 Å². The van der Waals surface area contributed by atoms with Crippen LogP contribution in [0.25, 0.3) is 0 Å². The van der Waals surface area contributed by atoms with Crippen molar-refractivity contribution in [1.29, 1.82) is 5.26 Å². The van der Waals surface area contributed by atoms with Gasteiger partial charge in [0.15, 0.2) is 0 Å². The monoisotopic (exact) mass is 248 g/mol. The molecule has 2 rings (SSSR count). The van der Waals surface area contributed by atoms with Crippen molar-refractivity contribution >= 4 is 0 Å². The Kier molecular flexibility index (Phi) is 4.67. The van der Waals surface area contributed by atoms with E-state index in [2.05, 4.69) is 24.8 Å². The molecule has 0 N–H and O–H groups in total. The van der Waals surface area contributed by atoms with Gasteiger partial charge in [0.2, 0.25) is 0 Å². The summed E-state index contributed by atoms with van der Waals surface area (Å²) in [6.45, 7) is 6.64. The molecule has 0 spiro atoms. The Morgan fingerprint density at radius 1 is 1.17 bits per heavy atom. The number of likely N-dealkylation sites (tertiary alicyclic amines) is 1. The predicted octanol–water partition coefficient (Wildman–Crippen LogP) is 3.97. The second-order valence-corrected chi connectivity index (χ2v) is 6.89. The molecule has 0 bridgehead atoms. The largest absolute Gasteiger partial charge is 0.300 e. The molecule has 0 aromatic carbocycles. The number of rotatable bonds is 4. The van der Waals surface area contributed by atoms with Crippen molar-refractivity contribution in [2.75, 3.05) is 13.1 Å². The Balaban J connectivity index is 1.79. The van der Waals surface area contributed by atoms with Gasteiger partial charge in [-0.1, -0.05) is 12.8 Å². The number of hydrogen-bond acceptors (Lipinski definition) is 2. The van der Waals surface area contributed by atoms with E-state index in [1.807, 2.05) is 0 Å². The van der Waals surface area contributed by atoms with E-state index in [9.17, 15) is 0 Å². The Hall–Kier alpha value is -0.550. The average molecular weight is 248 g/mol. The van der Waals surface area contributed by atoms with Crippen LogP contribution < -0.4 is 0 Å². The first kappa shape index (κ1) is 13.9. The van der Waals surface area contributed by atoms with E-state index < -0.39 is 0 Å². The van der Waals surface area contributed by atoms with E-state index in [0.29, 0.717) is 0 Å². The second-order valence-electron chi connectivity index (χ2n) is 6.89. The first-order chi connectivity index (χ1) is 8.62. The van der Waals surface area contributed by atoms with Crippen molar-refractivity contribution in [3.63, 3.8) is 0 Å². The predicted molar refractivity (Wildman–Crippen MR) is 75.2 cm³/mol. The molecule has 2 fully saturated rings. The molecule has 2 nitrogen and oxygen atoms in total. The van der Waals surface area contributed by atoms with Crippen LogP contribution in [0.4, 0.5) is 0 Å². The topological polar surface area (TPSA) is 27.0 Å². The summed E-state index contributed by atoms with van der Waals surface area (Å²) < 4.78 is 0. The fraction of sp³-hybridized carbons (Fsp3) is 0.938. The van der Waals surface area contributed by atoms with Gasteiger partial charge >= 0.3 is 0 Å². The number of nitrogens with zero attached hydrogens (tertiary/aromatic N) is 2. The summed E-state index contributed by atoms with van der Waals surface area (Å²) in [5.41, 5.74) is -0.137. The first-order valence-corrected chi connectivity index (χ1v) is 7.78. The zero-order valence-corrected chi connectivity index (χ0v) is 12.1. The lowest BCUT2D eigenvalue weighted by Crippen LogP contribution is -2.47. The second kappa shape index (κ2) is 6.06. The minimum atomic E-state index is -0.137. The molecule has 2 unspecified atom stereocenters. The molecule has 1 saturated heterocycles. The maximum atomic E-state index is 9.05. The quantitative estimate of drug-likeness (QED) is 0.752. The summed E-state index contributed by atoms with van der Waals surface area (Å²) in [7, 11) is 0. The molecule has 1 aliphatic carbocycles. The Labute approximate surface area is 112 Å². The Bertz CT molecular complexity index is 301. The van der Waals surface area contributed by atoms with E-state index in [1.54, 1.807) is 0 Å². The molecule has 2 atom stereocenters. The van der Waals surface area contributed by atoms with Gasteiger partial charge in [0.25, 0.3) is 0 Å². The van der Waals surface area contributed by atoms with Crippen LogP contribution in [0.3, 0.4) is 0 Å². The summed E-state index contributed by atoms with van der Waals surface area (Å²) in [5.74, 6) is 0.983. The lowest BCUT2D eigenvalue weighted by Gasteiger charge is -2.44. The van der Waals surface area contributed by atoms with Crippen LogP contribution in [0.5, 0.6) is 0 Å². The molecule has 18 heavy (non-hydrogen) atoms. The highest BCUT2D eigenvalue weighted by Crippen LogP contribution is 2.35. The molecule has 1 heterocycles. The third kappa shape index (κ3) is 3.48. The van der Waals surface area contributed by atoms with Crippen LogP contribution in [0.2, 0.25) is 0 Å². The summed E-state index contributed by atoms with van der Waals surface area (Å²) in [5, 5.41) is 9.05. The summed E-state index contributed by atoms with van der Waals surface area (Å²) in [6.07, 6.45) is 10.9. The molecule has 1 aliphatic heterocycles. The number of nitriles is 1. The van der Waals surface area contributed by atoms with Crippen LogP contribution >= 0.6 is 0 Å². The Morgan fingerprint density at radius 2 is 1.89 bits per heavy atom. The van der Waals surface area contributed by atoms with Crippen LogP contribution in [-0.2, 0) is 0 Å². The normalized spacial score (nSPS) is 29.6. The number of piperidine rings is 1. The molecular formula is C16H28N2. The molecule has 0 amide bonds. The third-order valence-corrected chi connectivity index (χ3v) is 4.91. The zero-order chi connectivity index (χ0) is 13.0. The van der Waals surface area contributed by atoms with Gasteiger partial charge in [0, 0.05) is 6.04 Å². The van der Waals surface area contributed by atoms with Gasteiger partial charge in [-0.25, -0.2) is 0 Å². The van der Waals surface area contributed by atoms with Gasteiger partial charge in [-0.3, -0.25) is 0 Å². The first-order valence-electron chi connectivity index (χ1n) is 7.78. The van der Waals surface area contributed by atoms with Crippen LogP contribution in [0, 0.1) is 22.7 Å². The van der Waals surface area contributed by atoms with Gasteiger partial charge in [0.05, 0.1) is 11.5 Å². The summed E-state index contributed by atoms with van der Waals surface area (Å²) in [4.78, 5) is 2.74. The van der Waals surface area contributed by atoms with Crippen molar-refractivity contribution < 1.29 is 0 Å². The minimum absolute atomic E-state index is 0.137. The third-order valence-electron chi connectivity index (χ3n) is 4.91. The van der Waals surface area contributed by atoms with Gasteiger partial charge < -0.3 is 4.90 Å². The highest BCUT2D eigenvalue weighted by atomic mass is 15.2.